The summed E-state index contributed by atoms with van der Waals surface area (Å²) >= 11 is 0. The lowest BCUT2D eigenvalue weighted by Crippen LogP contribution is -2.74. The van der Waals surface area contributed by atoms with Gasteiger partial charge < -0.3 is 14.4 Å². The van der Waals surface area contributed by atoms with Crippen LogP contribution in [0.4, 0.5) is 70.2 Å². The van der Waals surface area contributed by atoms with Crippen LogP contribution < -0.4 is 0 Å². The lowest BCUT2D eigenvalue weighted by atomic mass is 9.87. The molecular formula is C11H10F16O3Si. The molecule has 0 bridgehead atoms. The Morgan fingerprint density at radius 2 is 0.742 bits per heavy atom. The Bertz CT molecular complexity index is 650. The van der Waals surface area contributed by atoms with Gasteiger partial charge >= 0.3 is 56.2 Å². The fourth-order valence-corrected chi connectivity index (χ4v) is 2.43. The van der Waals surface area contributed by atoms with Crippen LogP contribution in [0.5, 0.6) is 0 Å². The van der Waals surface area contributed by atoms with Crippen LogP contribution in [0.15, 0.2) is 0 Å². The minimum Gasteiger partial charge on any atom is -0.390 e. The predicted octanol–water partition coefficient (Wildman–Crippen LogP) is 4.39. The van der Waals surface area contributed by atoms with Gasteiger partial charge in [0, 0.05) is 19.4 Å². The third-order valence-electron chi connectivity index (χ3n) is 3.76. The van der Waals surface area contributed by atoms with E-state index in [4.69, 9.17) is 14.4 Å². The molecule has 0 aliphatic carbocycles. The first kappa shape index (κ1) is 30.0. The maximum Gasteiger partial charge on any atom is 0.492 e. The number of alkyl halides is 16. The van der Waals surface area contributed by atoms with E-state index in [2.05, 4.69) is 0 Å². The van der Waals surface area contributed by atoms with Gasteiger partial charge in [-0.05, 0) is 0 Å². The second kappa shape index (κ2) is 7.50. The molecular weight excluding hydrogens is 512 g/mol. The van der Waals surface area contributed by atoms with Crippen molar-refractivity contribution in [2.75, 3.05) is 0 Å². The van der Waals surface area contributed by atoms with Crippen LogP contribution in [-0.4, -0.2) is 70.6 Å². The summed E-state index contributed by atoms with van der Waals surface area (Å²) in [6.45, 7) is -1.25. The Morgan fingerprint density at radius 1 is 0.484 bits per heavy atom. The Labute approximate surface area is 161 Å². The van der Waals surface area contributed by atoms with E-state index in [9.17, 15) is 70.2 Å². The Kier molecular flexibility index (Phi) is 7.26. The summed E-state index contributed by atoms with van der Waals surface area (Å²) in [6, 6.07) is -2.29. The Morgan fingerprint density at radius 3 is 1.00 bits per heavy atom. The zero-order valence-electron chi connectivity index (χ0n) is 14.3. The lowest BCUT2D eigenvalue weighted by Gasteiger charge is -2.43. The average molecular weight is 522 g/mol. The number of rotatable bonds is 10. The van der Waals surface area contributed by atoms with Gasteiger partial charge in [-0.2, -0.15) is 70.2 Å². The van der Waals surface area contributed by atoms with E-state index in [1.165, 1.54) is 0 Å². The molecule has 0 aliphatic rings. The van der Waals surface area contributed by atoms with E-state index < -0.39 is 75.6 Å². The van der Waals surface area contributed by atoms with E-state index in [1.54, 1.807) is 0 Å². The minimum absolute atomic E-state index is 1.25. The largest absolute Gasteiger partial charge is 0.492 e. The Hall–Kier alpha value is -1.02. The topological polar surface area (TPSA) is 60.7 Å². The lowest BCUT2D eigenvalue weighted by molar-refractivity contribution is -0.452. The molecule has 0 aromatic heterocycles. The highest BCUT2D eigenvalue weighted by atomic mass is 28.4. The molecule has 0 aliphatic heterocycles. The molecule has 0 rings (SSSR count). The molecule has 3 N–H and O–H groups in total. The average Bonchev–Trinajstić information content (AvgIpc) is 2.50. The first-order valence-electron chi connectivity index (χ1n) is 7.15. The molecule has 0 aromatic rings. The fraction of sp³-hybridized carbons (Fsp3) is 1.00. The van der Waals surface area contributed by atoms with Crippen LogP contribution in [0.3, 0.4) is 0 Å². The van der Waals surface area contributed by atoms with Crippen LogP contribution in [0.1, 0.15) is 13.3 Å². The van der Waals surface area contributed by atoms with Gasteiger partial charge in [0.05, 0.1) is 0 Å². The maximum atomic E-state index is 13.4. The highest BCUT2D eigenvalue weighted by Crippen LogP contribution is 2.64. The van der Waals surface area contributed by atoms with Crippen LogP contribution in [0.25, 0.3) is 0 Å². The van der Waals surface area contributed by atoms with Gasteiger partial charge in [-0.15, -0.1) is 0 Å². The third kappa shape index (κ3) is 4.43. The molecule has 0 radical (unpaired) electrons. The van der Waals surface area contributed by atoms with Crippen molar-refractivity contribution >= 4 is 8.80 Å². The zero-order chi connectivity index (χ0) is 25.9. The normalized spacial score (nSPS) is 16.6. The molecule has 0 unspecified atom stereocenters. The molecule has 0 amide bonds. The summed E-state index contributed by atoms with van der Waals surface area (Å²) in [4.78, 5) is 25.1. The SMILES string of the molecule is CC(F)(F)C(F)(F)C(F)(F)C(F)(F)C(F)(F)C(F)(F)C(F)(F)C(F)(F)CC[Si](O)(O)O. The van der Waals surface area contributed by atoms with Gasteiger partial charge in [0.15, 0.2) is 0 Å². The minimum atomic E-state index is -8.52. The third-order valence-corrected chi connectivity index (χ3v) is 4.68. The zero-order valence-corrected chi connectivity index (χ0v) is 15.3. The van der Waals surface area contributed by atoms with Gasteiger partial charge in [-0.3, -0.25) is 0 Å². The molecule has 20 heteroatoms. The second-order valence-electron chi connectivity index (χ2n) is 6.31. The van der Waals surface area contributed by atoms with Crippen molar-refractivity contribution in [3.8, 4) is 0 Å². The van der Waals surface area contributed by atoms with Crippen LogP contribution in [-0.2, 0) is 0 Å². The standard InChI is InChI=1S/C11H10F16O3Si/c1-4(12,13)6(16,17)8(20,21)10(24,25)11(26,27)9(22,23)7(18,19)5(14,15)2-3-31(28,29)30/h28-30H,2-3H2,1H3. The molecule has 188 valence electrons. The van der Waals surface area contributed by atoms with Crippen molar-refractivity contribution in [1.82, 2.24) is 0 Å². The van der Waals surface area contributed by atoms with Crippen molar-refractivity contribution in [2.24, 2.45) is 0 Å². The van der Waals surface area contributed by atoms with E-state index in [1.807, 2.05) is 0 Å². The summed E-state index contributed by atoms with van der Waals surface area (Å²) in [6.07, 6.45) is -3.02. The van der Waals surface area contributed by atoms with Gasteiger partial charge in [-0.1, -0.05) is 0 Å². The molecule has 0 spiro atoms. The van der Waals surface area contributed by atoms with Crippen LogP contribution >= 0.6 is 0 Å². The molecule has 0 aromatic carbocycles. The van der Waals surface area contributed by atoms with Crippen molar-refractivity contribution in [2.45, 2.75) is 66.8 Å². The van der Waals surface area contributed by atoms with Gasteiger partial charge in [0.25, 0.3) is 0 Å². The summed E-state index contributed by atoms with van der Waals surface area (Å²) < 4.78 is 211. The van der Waals surface area contributed by atoms with E-state index >= 15 is 0 Å². The van der Waals surface area contributed by atoms with Gasteiger partial charge in [-0.25, -0.2) is 0 Å². The highest BCUT2D eigenvalue weighted by Gasteiger charge is 2.94. The summed E-state index contributed by atoms with van der Waals surface area (Å²) in [5.41, 5.74) is 0. The highest BCUT2D eigenvalue weighted by molar-refractivity contribution is 6.56. The summed E-state index contributed by atoms with van der Waals surface area (Å²) in [5, 5.41) is 0. The molecule has 0 fully saturated rings. The smallest absolute Gasteiger partial charge is 0.390 e. The summed E-state index contributed by atoms with van der Waals surface area (Å²) in [7, 11) is -5.76. The Balaban J connectivity index is 6.56. The fourth-order valence-electron chi connectivity index (χ4n) is 1.78. The molecule has 31 heavy (non-hydrogen) atoms. The van der Waals surface area contributed by atoms with Gasteiger partial charge in [0.1, 0.15) is 0 Å². The predicted molar refractivity (Wildman–Crippen MR) is 67.1 cm³/mol. The molecule has 0 heterocycles. The van der Waals surface area contributed by atoms with Crippen molar-refractivity contribution in [3.63, 3.8) is 0 Å². The number of hydrogen-bond donors (Lipinski definition) is 3. The maximum absolute atomic E-state index is 13.4. The monoisotopic (exact) mass is 522 g/mol. The van der Waals surface area contributed by atoms with Gasteiger partial charge in [0.2, 0.25) is 0 Å². The van der Waals surface area contributed by atoms with Crippen molar-refractivity contribution < 1.29 is 84.6 Å². The van der Waals surface area contributed by atoms with E-state index in [-0.39, 0.29) is 0 Å². The quantitative estimate of drug-likeness (QED) is 0.295. The van der Waals surface area contributed by atoms with Crippen molar-refractivity contribution in [1.29, 1.82) is 0 Å². The number of hydrogen-bond acceptors (Lipinski definition) is 3. The molecule has 0 saturated heterocycles. The molecule has 0 atom stereocenters. The second-order valence-corrected chi connectivity index (χ2v) is 8.36. The van der Waals surface area contributed by atoms with E-state index in [0.29, 0.717) is 0 Å². The van der Waals surface area contributed by atoms with Crippen LogP contribution in [0.2, 0.25) is 6.04 Å². The van der Waals surface area contributed by atoms with E-state index in [0.717, 1.165) is 0 Å². The molecule has 0 saturated carbocycles. The molecule has 3 nitrogen and oxygen atoms in total. The van der Waals surface area contributed by atoms with Crippen molar-refractivity contribution in [3.05, 3.63) is 0 Å². The van der Waals surface area contributed by atoms with Crippen LogP contribution in [0, 0.1) is 0 Å². The number of halogens is 16. The summed E-state index contributed by atoms with van der Waals surface area (Å²) in [5.74, 6) is -61.9. The first-order chi connectivity index (χ1) is 13.0. The first-order valence-corrected chi connectivity index (χ1v) is 9.20.